The first-order valence-electron chi connectivity index (χ1n) is 7.92. The highest BCUT2D eigenvalue weighted by atomic mass is 16.5. The van der Waals surface area contributed by atoms with Crippen LogP contribution in [0, 0.1) is 0 Å². The normalized spacial score (nSPS) is 10.1. The molecular formula is C19H21NO6. The number of nitrogens with zero attached hydrogens (tertiary/aromatic N) is 1. The van der Waals surface area contributed by atoms with Crippen LogP contribution < -0.4 is 14.2 Å². The lowest BCUT2D eigenvalue weighted by Gasteiger charge is -2.18. The summed E-state index contributed by atoms with van der Waals surface area (Å²) in [5.41, 5.74) is 0.893. The van der Waals surface area contributed by atoms with Gasteiger partial charge in [-0.3, -0.25) is 4.79 Å². The zero-order valence-electron chi connectivity index (χ0n) is 14.7. The minimum Gasteiger partial charge on any atom is -0.497 e. The second-order valence-corrected chi connectivity index (χ2v) is 5.54. The number of hydrogen-bond acceptors (Lipinski definition) is 5. The van der Waals surface area contributed by atoms with E-state index in [2.05, 4.69) is 0 Å². The van der Waals surface area contributed by atoms with Crippen molar-refractivity contribution in [2.45, 2.75) is 6.54 Å². The molecule has 0 heterocycles. The van der Waals surface area contributed by atoms with Gasteiger partial charge in [0.05, 0.1) is 7.11 Å². The van der Waals surface area contributed by atoms with Gasteiger partial charge in [-0.05, 0) is 29.8 Å². The third kappa shape index (κ3) is 6.01. The fourth-order valence-corrected chi connectivity index (χ4v) is 2.14. The highest BCUT2D eigenvalue weighted by molar-refractivity contribution is 5.77. The number of benzene rings is 2. The monoisotopic (exact) mass is 359 g/mol. The van der Waals surface area contributed by atoms with Crippen molar-refractivity contribution in [3.63, 3.8) is 0 Å². The number of aliphatic carboxylic acids is 1. The Morgan fingerprint density at radius 1 is 0.962 bits per heavy atom. The van der Waals surface area contributed by atoms with E-state index in [-0.39, 0.29) is 19.1 Å². The fourth-order valence-electron chi connectivity index (χ4n) is 2.14. The van der Waals surface area contributed by atoms with E-state index in [4.69, 9.17) is 19.3 Å². The van der Waals surface area contributed by atoms with Crippen LogP contribution in [0.25, 0.3) is 0 Å². The third-order valence-electron chi connectivity index (χ3n) is 3.53. The van der Waals surface area contributed by atoms with E-state index in [9.17, 15) is 9.59 Å². The van der Waals surface area contributed by atoms with Gasteiger partial charge in [-0.2, -0.15) is 0 Å². The highest BCUT2D eigenvalue weighted by Gasteiger charge is 2.11. The number of rotatable bonds is 9. The third-order valence-corrected chi connectivity index (χ3v) is 3.53. The van der Waals surface area contributed by atoms with Gasteiger partial charge in [0.15, 0.2) is 13.2 Å². The van der Waals surface area contributed by atoms with E-state index in [0.29, 0.717) is 23.8 Å². The van der Waals surface area contributed by atoms with Crippen LogP contribution in [0.1, 0.15) is 5.56 Å². The predicted molar refractivity (Wildman–Crippen MR) is 94.5 cm³/mol. The van der Waals surface area contributed by atoms with Crippen molar-refractivity contribution in [1.82, 2.24) is 4.90 Å². The Morgan fingerprint density at radius 2 is 1.62 bits per heavy atom. The van der Waals surface area contributed by atoms with Crippen molar-refractivity contribution >= 4 is 11.9 Å². The van der Waals surface area contributed by atoms with Gasteiger partial charge in [-0.25, -0.2) is 4.79 Å². The van der Waals surface area contributed by atoms with Crippen molar-refractivity contribution in [1.29, 1.82) is 0 Å². The molecule has 138 valence electrons. The summed E-state index contributed by atoms with van der Waals surface area (Å²) >= 11 is 0. The first-order chi connectivity index (χ1) is 12.5. The van der Waals surface area contributed by atoms with Crippen LogP contribution >= 0.6 is 0 Å². The van der Waals surface area contributed by atoms with E-state index in [0.717, 1.165) is 5.56 Å². The number of methoxy groups -OCH3 is 1. The van der Waals surface area contributed by atoms with Crippen molar-refractivity contribution in [3.05, 3.63) is 54.1 Å². The molecule has 0 aliphatic rings. The summed E-state index contributed by atoms with van der Waals surface area (Å²) in [4.78, 5) is 24.2. The van der Waals surface area contributed by atoms with E-state index >= 15 is 0 Å². The summed E-state index contributed by atoms with van der Waals surface area (Å²) in [5, 5.41) is 8.58. The lowest BCUT2D eigenvalue weighted by atomic mass is 10.2. The van der Waals surface area contributed by atoms with Crippen LogP contribution in [-0.2, 0) is 16.1 Å². The molecule has 0 aromatic heterocycles. The molecule has 0 aliphatic carbocycles. The molecule has 0 saturated carbocycles. The van der Waals surface area contributed by atoms with E-state index in [1.807, 2.05) is 0 Å². The van der Waals surface area contributed by atoms with Gasteiger partial charge >= 0.3 is 5.97 Å². The minimum absolute atomic E-state index is 0.0799. The fraction of sp³-hybridized carbons (Fsp3) is 0.263. The second-order valence-electron chi connectivity index (χ2n) is 5.54. The standard InChI is InChI=1S/C19H21NO6/c1-20(11-14-6-8-15(9-7-14)26-13-19(22)23)18(21)12-25-17-5-3-4-16(10-17)24-2/h3-10H,11-13H2,1-2H3,(H,22,23). The molecule has 2 rings (SSSR count). The van der Waals surface area contributed by atoms with Gasteiger partial charge in [-0.1, -0.05) is 18.2 Å². The largest absolute Gasteiger partial charge is 0.497 e. The minimum atomic E-state index is -1.03. The molecular weight excluding hydrogens is 338 g/mol. The molecule has 7 nitrogen and oxygen atoms in total. The summed E-state index contributed by atoms with van der Waals surface area (Å²) < 4.78 is 15.7. The zero-order chi connectivity index (χ0) is 18.9. The zero-order valence-corrected chi connectivity index (χ0v) is 14.7. The number of hydrogen-bond donors (Lipinski definition) is 1. The van der Waals surface area contributed by atoms with Crippen molar-refractivity contribution in [3.8, 4) is 17.2 Å². The highest BCUT2D eigenvalue weighted by Crippen LogP contribution is 2.19. The Hall–Kier alpha value is -3.22. The van der Waals surface area contributed by atoms with Crippen molar-refractivity contribution in [2.24, 2.45) is 0 Å². The number of carbonyl (C=O) groups excluding carboxylic acids is 1. The Labute approximate surface area is 151 Å². The smallest absolute Gasteiger partial charge is 0.341 e. The molecule has 0 bridgehead atoms. The molecule has 0 unspecified atom stereocenters. The van der Waals surface area contributed by atoms with Gasteiger partial charge in [0.1, 0.15) is 17.2 Å². The number of carboxylic acid groups (broad SMARTS) is 1. The Morgan fingerprint density at radius 3 is 2.27 bits per heavy atom. The van der Waals surface area contributed by atoms with Crippen molar-refractivity contribution in [2.75, 3.05) is 27.4 Å². The summed E-state index contributed by atoms with van der Waals surface area (Å²) in [6.45, 7) is -0.0671. The molecule has 0 saturated heterocycles. The summed E-state index contributed by atoms with van der Waals surface area (Å²) in [6, 6.07) is 14.0. The number of ether oxygens (including phenoxy) is 3. The maximum Gasteiger partial charge on any atom is 0.341 e. The topological polar surface area (TPSA) is 85.3 Å². The quantitative estimate of drug-likeness (QED) is 0.739. The Balaban J connectivity index is 1.83. The maximum absolute atomic E-state index is 12.2. The van der Waals surface area contributed by atoms with Gasteiger partial charge in [-0.15, -0.1) is 0 Å². The molecule has 0 aliphatic heterocycles. The number of amides is 1. The van der Waals surface area contributed by atoms with E-state index < -0.39 is 5.97 Å². The molecule has 0 fully saturated rings. The molecule has 2 aromatic carbocycles. The van der Waals surface area contributed by atoms with Gasteiger partial charge in [0.2, 0.25) is 0 Å². The van der Waals surface area contributed by atoms with Crippen LogP contribution in [0.4, 0.5) is 0 Å². The van der Waals surface area contributed by atoms with E-state index in [1.165, 1.54) is 0 Å². The predicted octanol–water partition coefficient (Wildman–Crippen LogP) is 2.20. The Bertz CT molecular complexity index is 744. The molecule has 0 radical (unpaired) electrons. The molecule has 1 amide bonds. The summed E-state index contributed by atoms with van der Waals surface area (Å²) in [6.07, 6.45) is 0. The molecule has 7 heteroatoms. The molecule has 0 atom stereocenters. The number of carboxylic acids is 1. The summed E-state index contributed by atoms with van der Waals surface area (Å²) in [7, 11) is 3.25. The summed E-state index contributed by atoms with van der Waals surface area (Å²) in [5.74, 6) is 0.487. The first-order valence-corrected chi connectivity index (χ1v) is 7.92. The molecule has 26 heavy (non-hydrogen) atoms. The number of carbonyl (C=O) groups is 2. The average Bonchev–Trinajstić information content (AvgIpc) is 2.65. The molecule has 0 spiro atoms. The SMILES string of the molecule is COc1cccc(OCC(=O)N(C)Cc2ccc(OCC(=O)O)cc2)c1. The lowest BCUT2D eigenvalue weighted by molar-refractivity contribution is -0.139. The Kier molecular flexibility index (Phi) is 6.84. The van der Waals surface area contributed by atoms with Gasteiger partial charge < -0.3 is 24.2 Å². The molecule has 2 aromatic rings. The van der Waals surface area contributed by atoms with Crippen LogP contribution in [0.3, 0.4) is 0 Å². The maximum atomic E-state index is 12.2. The van der Waals surface area contributed by atoms with Crippen LogP contribution in [0.2, 0.25) is 0 Å². The van der Waals surface area contributed by atoms with Crippen molar-refractivity contribution < 1.29 is 28.9 Å². The first kappa shape index (κ1) is 19.1. The van der Waals surface area contributed by atoms with Crippen LogP contribution in [0.5, 0.6) is 17.2 Å². The van der Waals surface area contributed by atoms with Crippen LogP contribution in [-0.4, -0.2) is 49.3 Å². The number of likely N-dealkylation sites (N-methyl/N-ethyl adjacent to an activating group) is 1. The van der Waals surface area contributed by atoms with Crippen LogP contribution in [0.15, 0.2) is 48.5 Å². The lowest BCUT2D eigenvalue weighted by Crippen LogP contribution is -2.30. The average molecular weight is 359 g/mol. The second kappa shape index (κ2) is 9.31. The van der Waals surface area contributed by atoms with Gasteiger partial charge in [0, 0.05) is 19.7 Å². The van der Waals surface area contributed by atoms with E-state index in [1.54, 1.807) is 67.6 Å². The molecule has 1 N–H and O–H groups in total. The van der Waals surface area contributed by atoms with Gasteiger partial charge in [0.25, 0.3) is 5.91 Å².